The van der Waals surface area contributed by atoms with Gasteiger partial charge in [0.15, 0.2) is 5.65 Å². The van der Waals surface area contributed by atoms with Crippen LogP contribution in [0.25, 0.3) is 16.9 Å². The number of hydrogen-bond acceptors (Lipinski definition) is 4. The molecule has 0 spiro atoms. The Kier molecular flexibility index (Phi) is 5.23. The van der Waals surface area contributed by atoms with E-state index in [2.05, 4.69) is 67.5 Å². The Morgan fingerprint density at radius 1 is 0.889 bits per heavy atom. The first-order chi connectivity index (χ1) is 13.2. The fraction of sp³-hybridized carbons (Fsp3) is 0.182. The summed E-state index contributed by atoms with van der Waals surface area (Å²) in [6, 6.07) is 24.9. The zero-order valence-electron chi connectivity index (χ0n) is 15.5. The van der Waals surface area contributed by atoms with E-state index in [1.54, 1.807) is 11.8 Å². The Balaban J connectivity index is 1.71. The van der Waals surface area contributed by atoms with Crippen LogP contribution >= 0.6 is 11.8 Å². The fourth-order valence-corrected chi connectivity index (χ4v) is 3.85. The molecule has 0 radical (unpaired) electrons. The van der Waals surface area contributed by atoms with Gasteiger partial charge in [0.1, 0.15) is 5.03 Å². The van der Waals surface area contributed by atoms with Crippen LogP contribution < -0.4 is 0 Å². The van der Waals surface area contributed by atoms with Gasteiger partial charge in [-0.05, 0) is 31.8 Å². The molecule has 136 valence electrons. The summed E-state index contributed by atoms with van der Waals surface area (Å²) in [6.45, 7) is 0.783. The Bertz CT molecular complexity index is 1030. The molecule has 0 aliphatic heterocycles. The second kappa shape index (κ2) is 7.94. The van der Waals surface area contributed by atoms with E-state index in [-0.39, 0.29) is 0 Å². The largest absolute Gasteiger partial charge is 0.303 e. The molecule has 2 aromatic heterocycles. The number of thioether (sulfide) groups is 1. The molecule has 0 aliphatic carbocycles. The molecule has 5 heteroatoms. The number of aromatic nitrogens is 3. The summed E-state index contributed by atoms with van der Waals surface area (Å²) >= 11 is 1.75. The maximum Gasteiger partial charge on any atom is 0.154 e. The molecule has 4 rings (SSSR count). The van der Waals surface area contributed by atoms with E-state index < -0.39 is 0 Å². The molecule has 0 fully saturated rings. The minimum absolute atomic E-state index is 0.783. The Morgan fingerprint density at radius 3 is 2.30 bits per heavy atom. The summed E-state index contributed by atoms with van der Waals surface area (Å²) in [5.41, 5.74) is 5.42. The van der Waals surface area contributed by atoms with Gasteiger partial charge in [0.25, 0.3) is 0 Å². The van der Waals surface area contributed by atoms with E-state index in [1.807, 2.05) is 28.8 Å². The second-order valence-corrected chi connectivity index (χ2v) is 7.72. The van der Waals surface area contributed by atoms with E-state index >= 15 is 0 Å². The molecule has 4 nitrogen and oxygen atoms in total. The van der Waals surface area contributed by atoms with Crippen molar-refractivity contribution in [3.63, 3.8) is 0 Å². The molecule has 2 heterocycles. The smallest absolute Gasteiger partial charge is 0.154 e. The number of rotatable bonds is 6. The highest BCUT2D eigenvalue weighted by Crippen LogP contribution is 2.27. The average molecular weight is 375 g/mol. The molecule has 27 heavy (non-hydrogen) atoms. The predicted octanol–water partition coefficient (Wildman–Crippen LogP) is 4.75. The topological polar surface area (TPSA) is 33.4 Å². The third-order valence-corrected chi connectivity index (χ3v) is 5.28. The number of hydrogen-bond donors (Lipinski definition) is 0. The number of benzene rings is 2. The normalized spacial score (nSPS) is 11.4. The lowest BCUT2D eigenvalue weighted by molar-refractivity contribution is 0.393. The highest BCUT2D eigenvalue weighted by molar-refractivity contribution is 7.98. The first-order valence-electron chi connectivity index (χ1n) is 8.96. The van der Waals surface area contributed by atoms with Crippen molar-refractivity contribution in [3.05, 3.63) is 84.1 Å². The molecule has 2 aromatic carbocycles. The van der Waals surface area contributed by atoms with Gasteiger partial charge in [-0.2, -0.15) is 5.10 Å². The summed E-state index contributed by atoms with van der Waals surface area (Å²) in [5.74, 6) is 0.905. The van der Waals surface area contributed by atoms with Crippen LogP contribution in [0.4, 0.5) is 0 Å². The first kappa shape index (κ1) is 17.8. The van der Waals surface area contributed by atoms with Crippen LogP contribution in [0.2, 0.25) is 0 Å². The summed E-state index contributed by atoms with van der Waals surface area (Å²) in [4.78, 5) is 7.01. The molecule has 0 aliphatic rings. The molecule has 0 saturated carbocycles. The van der Waals surface area contributed by atoms with Gasteiger partial charge >= 0.3 is 0 Å². The molecule has 0 unspecified atom stereocenters. The molecule has 0 atom stereocenters. The van der Waals surface area contributed by atoms with Crippen LogP contribution in [0.1, 0.15) is 11.3 Å². The molecule has 0 saturated heterocycles. The summed E-state index contributed by atoms with van der Waals surface area (Å²) in [7, 11) is 4.14. The van der Waals surface area contributed by atoms with E-state index in [0.717, 1.165) is 39.9 Å². The summed E-state index contributed by atoms with van der Waals surface area (Å²) in [5, 5.41) is 5.88. The van der Waals surface area contributed by atoms with Gasteiger partial charge in [0, 0.05) is 17.9 Å². The number of nitrogens with zero attached hydrogens (tertiary/aromatic N) is 4. The summed E-state index contributed by atoms with van der Waals surface area (Å²) in [6.07, 6.45) is 0. The van der Waals surface area contributed by atoms with Crippen molar-refractivity contribution in [2.24, 2.45) is 0 Å². The lowest BCUT2D eigenvalue weighted by atomic mass is 10.1. The molecular formula is C22H22N4S. The van der Waals surface area contributed by atoms with Gasteiger partial charge in [-0.25, -0.2) is 9.50 Å². The van der Waals surface area contributed by atoms with Crippen LogP contribution in [-0.4, -0.2) is 33.6 Å². The van der Waals surface area contributed by atoms with Crippen LogP contribution in [0.5, 0.6) is 0 Å². The Morgan fingerprint density at radius 2 is 1.59 bits per heavy atom. The predicted molar refractivity (Wildman–Crippen MR) is 112 cm³/mol. The van der Waals surface area contributed by atoms with Crippen molar-refractivity contribution in [1.82, 2.24) is 19.5 Å². The van der Waals surface area contributed by atoms with Crippen LogP contribution in [-0.2, 0) is 12.3 Å². The minimum Gasteiger partial charge on any atom is -0.303 e. The van der Waals surface area contributed by atoms with Gasteiger partial charge in [0.2, 0.25) is 0 Å². The average Bonchev–Trinajstić information content (AvgIpc) is 3.05. The Labute approximate surface area is 163 Å². The van der Waals surface area contributed by atoms with Crippen molar-refractivity contribution >= 4 is 17.4 Å². The van der Waals surface area contributed by atoms with E-state index in [4.69, 9.17) is 10.1 Å². The van der Waals surface area contributed by atoms with Crippen molar-refractivity contribution in [1.29, 1.82) is 0 Å². The van der Waals surface area contributed by atoms with E-state index in [9.17, 15) is 0 Å². The molecule has 4 aromatic rings. The van der Waals surface area contributed by atoms with Crippen molar-refractivity contribution in [3.8, 4) is 11.3 Å². The number of imidazole rings is 1. The van der Waals surface area contributed by atoms with Crippen LogP contribution in [0.15, 0.2) is 77.8 Å². The minimum atomic E-state index is 0.783. The van der Waals surface area contributed by atoms with Crippen molar-refractivity contribution < 1.29 is 0 Å². The second-order valence-electron chi connectivity index (χ2n) is 6.73. The van der Waals surface area contributed by atoms with Gasteiger partial charge in [-0.1, -0.05) is 72.4 Å². The summed E-state index contributed by atoms with van der Waals surface area (Å²) < 4.78 is 2.00. The molecule has 0 bridgehead atoms. The first-order valence-corrected chi connectivity index (χ1v) is 9.95. The maximum absolute atomic E-state index is 4.88. The lowest BCUT2D eigenvalue weighted by Crippen LogP contribution is -2.14. The van der Waals surface area contributed by atoms with Crippen molar-refractivity contribution in [2.45, 2.75) is 17.3 Å². The Hall–Kier alpha value is -2.63. The van der Waals surface area contributed by atoms with Gasteiger partial charge in [-0.15, -0.1) is 0 Å². The molecular weight excluding hydrogens is 352 g/mol. The third kappa shape index (κ3) is 4.04. The SMILES string of the molecule is CN(C)Cc1c(-c2ccccc2)nc2ccc(SCc3ccccc3)nn12. The standard InChI is InChI=1S/C22H22N4S/c1-25(2)15-19-22(18-11-7-4-8-12-18)23-20-13-14-21(24-26(19)20)27-16-17-9-5-3-6-10-17/h3-14H,15-16H2,1-2H3. The van der Waals surface area contributed by atoms with Crippen LogP contribution in [0.3, 0.4) is 0 Å². The molecule has 0 amide bonds. The van der Waals surface area contributed by atoms with E-state index in [1.165, 1.54) is 5.56 Å². The molecule has 0 N–H and O–H groups in total. The maximum atomic E-state index is 4.88. The zero-order valence-corrected chi connectivity index (χ0v) is 16.4. The highest BCUT2D eigenvalue weighted by atomic mass is 32.2. The van der Waals surface area contributed by atoms with E-state index in [0.29, 0.717) is 0 Å². The quantitative estimate of drug-likeness (QED) is 0.456. The van der Waals surface area contributed by atoms with Gasteiger partial charge < -0.3 is 4.90 Å². The zero-order chi connectivity index (χ0) is 18.6. The van der Waals surface area contributed by atoms with Crippen molar-refractivity contribution in [2.75, 3.05) is 14.1 Å². The van der Waals surface area contributed by atoms with Gasteiger partial charge in [-0.3, -0.25) is 0 Å². The highest BCUT2D eigenvalue weighted by Gasteiger charge is 2.16. The third-order valence-electron chi connectivity index (χ3n) is 4.29. The lowest BCUT2D eigenvalue weighted by Gasteiger charge is -2.11. The van der Waals surface area contributed by atoms with Gasteiger partial charge in [0.05, 0.1) is 11.4 Å². The monoisotopic (exact) mass is 374 g/mol. The number of fused-ring (bicyclic) bond motifs is 1. The fourth-order valence-electron chi connectivity index (χ4n) is 3.04. The van der Waals surface area contributed by atoms with Crippen LogP contribution in [0, 0.1) is 0 Å².